The van der Waals surface area contributed by atoms with Crippen LogP contribution >= 0.6 is 0 Å². The predicted octanol–water partition coefficient (Wildman–Crippen LogP) is 1.49. The molecule has 0 aliphatic carbocycles. The van der Waals surface area contributed by atoms with Gasteiger partial charge in [0, 0.05) is 32.8 Å². The molecule has 1 aliphatic heterocycles. The van der Waals surface area contributed by atoms with Crippen molar-refractivity contribution in [2.75, 3.05) is 24.5 Å². The summed E-state index contributed by atoms with van der Waals surface area (Å²) in [6.45, 7) is 5.98. The van der Waals surface area contributed by atoms with Gasteiger partial charge in [0.2, 0.25) is 5.91 Å². The highest BCUT2D eigenvalue weighted by molar-refractivity contribution is 5.72. The third-order valence-electron chi connectivity index (χ3n) is 3.83. The molecule has 0 saturated carbocycles. The van der Waals surface area contributed by atoms with Gasteiger partial charge in [-0.2, -0.15) is 0 Å². The quantitative estimate of drug-likeness (QED) is 0.875. The smallest absolute Gasteiger partial charge is 0.216 e. The van der Waals surface area contributed by atoms with Crippen molar-refractivity contribution in [3.63, 3.8) is 0 Å². The van der Waals surface area contributed by atoms with Crippen LogP contribution in [-0.2, 0) is 4.79 Å². The third-order valence-corrected chi connectivity index (χ3v) is 3.83. The summed E-state index contributed by atoms with van der Waals surface area (Å²) in [6.07, 6.45) is 3.40. The van der Waals surface area contributed by atoms with Crippen molar-refractivity contribution < 1.29 is 9.90 Å². The van der Waals surface area contributed by atoms with Gasteiger partial charge in [-0.15, -0.1) is 0 Å². The highest BCUT2D eigenvalue weighted by Gasteiger charge is 2.20. The van der Waals surface area contributed by atoms with Crippen molar-refractivity contribution in [2.45, 2.75) is 32.8 Å². The summed E-state index contributed by atoms with van der Waals surface area (Å²) in [5, 5.41) is 12.5. The zero-order valence-corrected chi connectivity index (χ0v) is 12.2. The minimum atomic E-state index is -0.464. The van der Waals surface area contributed by atoms with E-state index in [4.69, 9.17) is 0 Å². The predicted molar refractivity (Wildman–Crippen MR) is 78.5 cm³/mol. The summed E-state index contributed by atoms with van der Waals surface area (Å²) in [4.78, 5) is 17.6. The lowest BCUT2D eigenvalue weighted by atomic mass is 9.96. The van der Waals surface area contributed by atoms with Crippen molar-refractivity contribution in [2.24, 2.45) is 5.92 Å². The summed E-state index contributed by atoms with van der Waals surface area (Å²) in [5.74, 6) is 1.52. The summed E-state index contributed by atoms with van der Waals surface area (Å²) >= 11 is 0. The monoisotopic (exact) mass is 277 g/mol. The van der Waals surface area contributed by atoms with Crippen LogP contribution in [0.3, 0.4) is 0 Å². The fourth-order valence-electron chi connectivity index (χ4n) is 2.52. The maximum Gasteiger partial charge on any atom is 0.216 e. The lowest BCUT2D eigenvalue weighted by Gasteiger charge is -2.33. The van der Waals surface area contributed by atoms with Gasteiger partial charge in [-0.25, -0.2) is 4.98 Å². The number of aliphatic hydroxyl groups is 1. The lowest BCUT2D eigenvalue weighted by Crippen LogP contribution is -2.38. The Hall–Kier alpha value is -1.62. The van der Waals surface area contributed by atoms with Gasteiger partial charge in [-0.1, -0.05) is 0 Å². The normalized spacial score (nSPS) is 17.9. The van der Waals surface area contributed by atoms with Crippen molar-refractivity contribution >= 4 is 11.7 Å². The number of piperidine rings is 1. The van der Waals surface area contributed by atoms with Crippen LogP contribution in [0.25, 0.3) is 0 Å². The van der Waals surface area contributed by atoms with E-state index in [1.54, 1.807) is 20.0 Å². The second kappa shape index (κ2) is 6.70. The van der Waals surface area contributed by atoms with Crippen LogP contribution in [0.15, 0.2) is 18.3 Å². The van der Waals surface area contributed by atoms with Gasteiger partial charge in [0.05, 0.1) is 6.10 Å². The average Bonchev–Trinajstić information content (AvgIpc) is 2.46. The second-order valence-electron chi connectivity index (χ2n) is 5.49. The van der Waals surface area contributed by atoms with Crippen LogP contribution in [0, 0.1) is 5.92 Å². The number of aliphatic hydroxyl groups excluding tert-OH is 1. The summed E-state index contributed by atoms with van der Waals surface area (Å²) < 4.78 is 0. The maximum atomic E-state index is 10.9. The van der Waals surface area contributed by atoms with E-state index in [-0.39, 0.29) is 5.91 Å². The number of aromatic nitrogens is 1. The van der Waals surface area contributed by atoms with Gasteiger partial charge in [0.25, 0.3) is 0 Å². The number of carbonyl (C=O) groups is 1. The summed E-state index contributed by atoms with van der Waals surface area (Å²) in [6, 6.07) is 3.80. The number of carbonyl (C=O) groups excluding carboxylic acids is 1. The molecule has 0 radical (unpaired) electrons. The Morgan fingerprint density at radius 1 is 1.55 bits per heavy atom. The number of pyridine rings is 1. The van der Waals surface area contributed by atoms with Crippen LogP contribution in [-0.4, -0.2) is 35.6 Å². The zero-order chi connectivity index (χ0) is 14.5. The number of amides is 1. The molecule has 2 heterocycles. The Labute approximate surface area is 120 Å². The molecule has 5 heteroatoms. The Morgan fingerprint density at radius 2 is 2.25 bits per heavy atom. The van der Waals surface area contributed by atoms with E-state index < -0.39 is 6.10 Å². The van der Waals surface area contributed by atoms with Crippen molar-refractivity contribution in [1.82, 2.24) is 10.3 Å². The Kier molecular flexibility index (Phi) is 4.95. The summed E-state index contributed by atoms with van der Waals surface area (Å²) in [5.41, 5.74) is 0.898. The molecular formula is C15H23N3O2. The molecular weight excluding hydrogens is 254 g/mol. The number of rotatable bonds is 4. The summed E-state index contributed by atoms with van der Waals surface area (Å²) in [7, 11) is 0. The lowest BCUT2D eigenvalue weighted by molar-refractivity contribution is -0.119. The van der Waals surface area contributed by atoms with Gasteiger partial charge < -0.3 is 15.3 Å². The van der Waals surface area contributed by atoms with Gasteiger partial charge in [0.1, 0.15) is 5.82 Å². The average molecular weight is 277 g/mol. The Balaban J connectivity index is 1.90. The molecule has 0 spiro atoms. The first kappa shape index (κ1) is 14.8. The number of hydrogen-bond donors (Lipinski definition) is 2. The van der Waals surface area contributed by atoms with Gasteiger partial charge >= 0.3 is 0 Å². The van der Waals surface area contributed by atoms with Gasteiger partial charge in [-0.3, -0.25) is 4.79 Å². The molecule has 0 aromatic carbocycles. The first-order chi connectivity index (χ1) is 9.56. The van der Waals surface area contributed by atoms with Crippen LogP contribution in [0.5, 0.6) is 0 Å². The molecule has 1 amide bonds. The van der Waals surface area contributed by atoms with Gasteiger partial charge in [0.15, 0.2) is 0 Å². The molecule has 1 atom stereocenters. The fraction of sp³-hybridized carbons (Fsp3) is 0.600. The molecule has 2 rings (SSSR count). The van der Waals surface area contributed by atoms with E-state index in [1.165, 1.54) is 0 Å². The van der Waals surface area contributed by atoms with Crippen LogP contribution in [0.1, 0.15) is 38.4 Å². The fourth-order valence-corrected chi connectivity index (χ4v) is 2.52. The van der Waals surface area contributed by atoms with Crippen LogP contribution < -0.4 is 10.2 Å². The van der Waals surface area contributed by atoms with E-state index in [9.17, 15) is 9.90 Å². The van der Waals surface area contributed by atoms with Gasteiger partial charge in [-0.05, 0) is 43.4 Å². The Morgan fingerprint density at radius 3 is 2.85 bits per heavy atom. The van der Waals surface area contributed by atoms with E-state index in [2.05, 4.69) is 15.2 Å². The largest absolute Gasteiger partial charge is 0.389 e. The highest BCUT2D eigenvalue weighted by Crippen LogP contribution is 2.23. The van der Waals surface area contributed by atoms with E-state index in [1.807, 2.05) is 12.1 Å². The number of hydrogen-bond acceptors (Lipinski definition) is 4. The van der Waals surface area contributed by atoms with Crippen LogP contribution in [0.2, 0.25) is 0 Å². The molecule has 1 aliphatic rings. The second-order valence-corrected chi connectivity index (χ2v) is 5.49. The topological polar surface area (TPSA) is 65.5 Å². The molecule has 2 N–H and O–H groups in total. The molecule has 5 nitrogen and oxygen atoms in total. The van der Waals surface area contributed by atoms with Crippen molar-refractivity contribution in [3.8, 4) is 0 Å². The first-order valence-corrected chi connectivity index (χ1v) is 7.19. The number of anilines is 1. The zero-order valence-electron chi connectivity index (χ0n) is 12.2. The third kappa shape index (κ3) is 3.93. The van der Waals surface area contributed by atoms with E-state index in [0.29, 0.717) is 5.92 Å². The minimum absolute atomic E-state index is 0.0405. The highest BCUT2D eigenvalue weighted by atomic mass is 16.3. The molecule has 110 valence electrons. The standard InChI is InChI=1S/C15H23N3O2/c1-11(19)14-3-6-16-15(9-14)18-7-4-13(5-8-18)10-17-12(2)20/h3,6,9,11,13,19H,4-5,7-8,10H2,1-2H3,(H,17,20). The Bertz CT molecular complexity index is 454. The van der Waals surface area contributed by atoms with Crippen molar-refractivity contribution in [3.05, 3.63) is 23.9 Å². The maximum absolute atomic E-state index is 10.9. The van der Waals surface area contributed by atoms with E-state index >= 15 is 0 Å². The minimum Gasteiger partial charge on any atom is -0.389 e. The molecule has 1 unspecified atom stereocenters. The molecule has 0 bridgehead atoms. The molecule has 1 aromatic rings. The molecule has 20 heavy (non-hydrogen) atoms. The molecule has 1 fully saturated rings. The molecule has 1 saturated heterocycles. The SMILES string of the molecule is CC(=O)NCC1CCN(c2cc(C(C)O)ccn2)CC1. The van der Waals surface area contributed by atoms with Crippen molar-refractivity contribution in [1.29, 1.82) is 0 Å². The number of nitrogens with zero attached hydrogens (tertiary/aromatic N) is 2. The van der Waals surface area contributed by atoms with E-state index in [0.717, 1.165) is 43.9 Å². The van der Waals surface area contributed by atoms with Crippen LogP contribution in [0.4, 0.5) is 5.82 Å². The first-order valence-electron chi connectivity index (χ1n) is 7.19. The number of nitrogens with one attached hydrogen (secondary N) is 1. The molecule has 1 aromatic heterocycles.